The molecular formula is C21H24N2O4. The first-order chi connectivity index (χ1) is 13.0. The minimum absolute atomic E-state index is 0.0953. The van der Waals surface area contributed by atoms with Gasteiger partial charge in [-0.1, -0.05) is 24.3 Å². The molecule has 0 radical (unpaired) electrons. The van der Waals surface area contributed by atoms with Gasteiger partial charge in [0.05, 0.1) is 0 Å². The molecule has 0 spiro atoms. The number of rotatable bonds is 6. The van der Waals surface area contributed by atoms with Crippen molar-refractivity contribution in [2.24, 2.45) is 0 Å². The standard InChI is InChI=1S/C21H24N2O4/c1-15-5-3-4-6-17(15)14-22-21(25)9-10-23(16(2)24)18-7-8-19-20(13-18)27-12-11-26-19/h3-8,13H,9-12,14H2,1-2H3,(H,22,25). The highest BCUT2D eigenvalue weighted by atomic mass is 16.6. The summed E-state index contributed by atoms with van der Waals surface area (Å²) in [6, 6.07) is 13.3. The van der Waals surface area contributed by atoms with Gasteiger partial charge in [0, 0.05) is 38.2 Å². The third kappa shape index (κ3) is 4.78. The molecule has 0 bridgehead atoms. The summed E-state index contributed by atoms with van der Waals surface area (Å²) in [6.07, 6.45) is 0.222. The highest BCUT2D eigenvalue weighted by Crippen LogP contribution is 2.34. The van der Waals surface area contributed by atoms with Crippen LogP contribution in [0.1, 0.15) is 24.5 Å². The van der Waals surface area contributed by atoms with Crippen molar-refractivity contribution in [2.45, 2.75) is 26.8 Å². The van der Waals surface area contributed by atoms with Crippen molar-refractivity contribution in [1.29, 1.82) is 0 Å². The number of hydrogen-bond donors (Lipinski definition) is 1. The Kier molecular flexibility index (Phi) is 5.96. The van der Waals surface area contributed by atoms with Gasteiger partial charge in [-0.2, -0.15) is 0 Å². The number of ether oxygens (including phenoxy) is 2. The molecule has 3 rings (SSSR count). The molecule has 2 aromatic rings. The summed E-state index contributed by atoms with van der Waals surface area (Å²) in [4.78, 5) is 25.9. The number of carbonyl (C=O) groups is 2. The summed E-state index contributed by atoms with van der Waals surface area (Å²) in [5.41, 5.74) is 2.92. The van der Waals surface area contributed by atoms with Crippen LogP contribution in [0.25, 0.3) is 0 Å². The van der Waals surface area contributed by atoms with Gasteiger partial charge in [-0.15, -0.1) is 0 Å². The van der Waals surface area contributed by atoms with Gasteiger partial charge in [0.25, 0.3) is 0 Å². The monoisotopic (exact) mass is 368 g/mol. The van der Waals surface area contributed by atoms with E-state index >= 15 is 0 Å². The second kappa shape index (κ2) is 8.58. The smallest absolute Gasteiger partial charge is 0.223 e. The molecule has 2 amide bonds. The van der Waals surface area contributed by atoms with Crippen LogP contribution in [0.4, 0.5) is 5.69 Å². The van der Waals surface area contributed by atoms with Crippen LogP contribution in [0.2, 0.25) is 0 Å². The molecule has 0 fully saturated rings. The Labute approximate surface area is 159 Å². The van der Waals surface area contributed by atoms with Crippen molar-refractivity contribution in [3.8, 4) is 11.5 Å². The lowest BCUT2D eigenvalue weighted by atomic mass is 10.1. The fourth-order valence-corrected chi connectivity index (χ4v) is 2.97. The van der Waals surface area contributed by atoms with Crippen LogP contribution in [0.3, 0.4) is 0 Å². The lowest BCUT2D eigenvalue weighted by Gasteiger charge is -2.24. The molecule has 142 valence electrons. The van der Waals surface area contributed by atoms with E-state index in [1.165, 1.54) is 6.92 Å². The largest absolute Gasteiger partial charge is 0.486 e. The number of anilines is 1. The van der Waals surface area contributed by atoms with Crippen molar-refractivity contribution in [3.05, 3.63) is 53.6 Å². The topological polar surface area (TPSA) is 67.9 Å². The van der Waals surface area contributed by atoms with E-state index in [2.05, 4.69) is 5.32 Å². The van der Waals surface area contributed by atoms with Crippen molar-refractivity contribution >= 4 is 17.5 Å². The van der Waals surface area contributed by atoms with E-state index in [9.17, 15) is 9.59 Å². The number of hydrogen-bond acceptors (Lipinski definition) is 4. The van der Waals surface area contributed by atoms with E-state index in [4.69, 9.17) is 9.47 Å². The summed E-state index contributed by atoms with van der Waals surface area (Å²) in [6.45, 7) is 5.29. The van der Waals surface area contributed by atoms with Crippen LogP contribution in [0.5, 0.6) is 11.5 Å². The van der Waals surface area contributed by atoms with E-state index < -0.39 is 0 Å². The van der Waals surface area contributed by atoms with E-state index in [-0.39, 0.29) is 18.2 Å². The van der Waals surface area contributed by atoms with E-state index in [1.807, 2.05) is 31.2 Å². The number of nitrogens with one attached hydrogen (secondary N) is 1. The molecule has 27 heavy (non-hydrogen) atoms. The van der Waals surface area contributed by atoms with Crippen LogP contribution in [-0.2, 0) is 16.1 Å². The Hall–Kier alpha value is -3.02. The highest BCUT2D eigenvalue weighted by molar-refractivity contribution is 5.92. The first-order valence-electron chi connectivity index (χ1n) is 9.03. The fourth-order valence-electron chi connectivity index (χ4n) is 2.97. The van der Waals surface area contributed by atoms with Gasteiger partial charge in [0.2, 0.25) is 11.8 Å². The first kappa shape index (κ1) is 18.8. The number of carbonyl (C=O) groups excluding carboxylic acids is 2. The molecule has 1 aliphatic rings. The second-order valence-corrected chi connectivity index (χ2v) is 6.45. The fraction of sp³-hybridized carbons (Fsp3) is 0.333. The lowest BCUT2D eigenvalue weighted by Crippen LogP contribution is -2.34. The van der Waals surface area contributed by atoms with Gasteiger partial charge in [-0.25, -0.2) is 0 Å². The molecule has 1 aliphatic heterocycles. The predicted molar refractivity (Wildman–Crippen MR) is 103 cm³/mol. The summed E-state index contributed by atoms with van der Waals surface area (Å²) in [5.74, 6) is 1.07. The Morgan fingerprint density at radius 3 is 2.56 bits per heavy atom. The van der Waals surface area contributed by atoms with Gasteiger partial charge in [0.1, 0.15) is 13.2 Å². The minimum atomic E-state index is -0.126. The normalized spacial score (nSPS) is 12.4. The molecule has 0 unspecified atom stereocenters. The zero-order chi connectivity index (χ0) is 19.2. The van der Waals surface area contributed by atoms with Gasteiger partial charge >= 0.3 is 0 Å². The maximum atomic E-state index is 12.2. The SMILES string of the molecule is CC(=O)N(CCC(=O)NCc1ccccc1C)c1ccc2c(c1)OCCO2. The Morgan fingerprint density at radius 1 is 1.07 bits per heavy atom. The van der Waals surface area contributed by atoms with Crippen LogP contribution < -0.4 is 19.7 Å². The van der Waals surface area contributed by atoms with E-state index in [0.29, 0.717) is 43.5 Å². The van der Waals surface area contributed by atoms with Gasteiger partial charge < -0.3 is 19.7 Å². The Balaban J connectivity index is 1.59. The quantitative estimate of drug-likeness (QED) is 0.851. The number of amides is 2. The molecular weight excluding hydrogens is 344 g/mol. The average molecular weight is 368 g/mol. The number of nitrogens with zero attached hydrogens (tertiary/aromatic N) is 1. The van der Waals surface area contributed by atoms with Gasteiger partial charge in [0.15, 0.2) is 11.5 Å². The molecule has 0 atom stereocenters. The summed E-state index contributed by atoms with van der Waals surface area (Å²) < 4.78 is 11.1. The molecule has 0 saturated heterocycles. The lowest BCUT2D eigenvalue weighted by molar-refractivity contribution is -0.121. The number of aryl methyl sites for hydroxylation is 1. The minimum Gasteiger partial charge on any atom is -0.486 e. The molecule has 0 saturated carbocycles. The molecule has 6 nitrogen and oxygen atoms in total. The first-order valence-corrected chi connectivity index (χ1v) is 9.03. The van der Waals surface area contributed by atoms with E-state index in [1.54, 1.807) is 23.1 Å². The van der Waals surface area contributed by atoms with Crippen LogP contribution in [0, 0.1) is 6.92 Å². The van der Waals surface area contributed by atoms with Crippen molar-refractivity contribution in [1.82, 2.24) is 5.32 Å². The Morgan fingerprint density at radius 2 is 1.81 bits per heavy atom. The highest BCUT2D eigenvalue weighted by Gasteiger charge is 2.18. The molecule has 1 N–H and O–H groups in total. The third-order valence-electron chi connectivity index (χ3n) is 4.52. The third-order valence-corrected chi connectivity index (χ3v) is 4.52. The zero-order valence-electron chi connectivity index (χ0n) is 15.7. The zero-order valence-corrected chi connectivity index (χ0v) is 15.7. The summed E-state index contributed by atoms with van der Waals surface area (Å²) in [7, 11) is 0. The molecule has 1 heterocycles. The Bertz CT molecular complexity index is 835. The average Bonchev–Trinajstić information content (AvgIpc) is 2.67. The molecule has 6 heteroatoms. The predicted octanol–water partition coefficient (Wildman–Crippen LogP) is 2.83. The maximum Gasteiger partial charge on any atom is 0.223 e. The summed E-state index contributed by atoms with van der Waals surface area (Å²) >= 11 is 0. The number of benzene rings is 2. The molecule has 0 aliphatic carbocycles. The van der Waals surface area contributed by atoms with Crippen LogP contribution >= 0.6 is 0 Å². The van der Waals surface area contributed by atoms with Crippen molar-refractivity contribution in [2.75, 3.05) is 24.7 Å². The van der Waals surface area contributed by atoms with E-state index in [0.717, 1.165) is 11.1 Å². The van der Waals surface area contributed by atoms with Crippen LogP contribution in [-0.4, -0.2) is 31.6 Å². The van der Waals surface area contributed by atoms with Crippen molar-refractivity contribution in [3.63, 3.8) is 0 Å². The maximum absolute atomic E-state index is 12.2. The van der Waals surface area contributed by atoms with Crippen LogP contribution in [0.15, 0.2) is 42.5 Å². The molecule has 2 aromatic carbocycles. The van der Waals surface area contributed by atoms with Gasteiger partial charge in [-0.3, -0.25) is 9.59 Å². The molecule has 0 aromatic heterocycles. The van der Waals surface area contributed by atoms with Crippen molar-refractivity contribution < 1.29 is 19.1 Å². The summed E-state index contributed by atoms with van der Waals surface area (Å²) in [5, 5.41) is 2.91. The van der Waals surface area contributed by atoms with Gasteiger partial charge in [-0.05, 0) is 30.2 Å². The number of fused-ring (bicyclic) bond motifs is 1. The second-order valence-electron chi connectivity index (χ2n) is 6.45.